The molecule has 2 heterocycles. The molecule has 0 atom stereocenters. The number of halogens is 2. The van der Waals surface area contributed by atoms with Gasteiger partial charge in [0.1, 0.15) is 23.9 Å². The number of aryl methyl sites for hydroxylation is 1. The molecule has 7 nitrogen and oxygen atoms in total. The summed E-state index contributed by atoms with van der Waals surface area (Å²) in [7, 11) is 0. The van der Waals surface area contributed by atoms with Gasteiger partial charge in [-0.1, -0.05) is 29.3 Å². The van der Waals surface area contributed by atoms with E-state index in [9.17, 15) is 4.79 Å². The van der Waals surface area contributed by atoms with Crippen molar-refractivity contribution in [1.82, 2.24) is 9.78 Å². The van der Waals surface area contributed by atoms with Crippen molar-refractivity contribution in [3.05, 3.63) is 93.1 Å². The second-order valence-corrected chi connectivity index (χ2v) is 8.63. The maximum absolute atomic E-state index is 12.8. The zero-order valence-corrected chi connectivity index (χ0v) is 21.1. The lowest BCUT2D eigenvalue weighted by Gasteiger charge is -2.09. The second-order valence-electron chi connectivity index (χ2n) is 7.82. The van der Waals surface area contributed by atoms with Crippen molar-refractivity contribution < 1.29 is 18.7 Å². The molecule has 0 aliphatic rings. The summed E-state index contributed by atoms with van der Waals surface area (Å²) in [5.74, 6) is 1.78. The third kappa shape index (κ3) is 5.81. The molecule has 0 fully saturated rings. The number of furan rings is 1. The van der Waals surface area contributed by atoms with Gasteiger partial charge in [0, 0.05) is 15.6 Å². The van der Waals surface area contributed by atoms with Crippen LogP contribution in [0.2, 0.25) is 10.0 Å². The van der Waals surface area contributed by atoms with Gasteiger partial charge < -0.3 is 19.2 Å². The maximum Gasteiger partial charge on any atom is 0.291 e. The summed E-state index contributed by atoms with van der Waals surface area (Å²) in [6, 6.07) is 16.0. The average molecular weight is 514 g/mol. The number of nitrogens with one attached hydrogen (secondary N) is 1. The highest BCUT2D eigenvalue weighted by Crippen LogP contribution is 2.28. The van der Waals surface area contributed by atoms with Crippen LogP contribution in [0, 0.1) is 13.8 Å². The number of hydrogen-bond donors (Lipinski definition) is 1. The number of nitrogens with zero attached hydrogens (tertiary/aromatic N) is 2. The Morgan fingerprint density at radius 3 is 2.31 bits per heavy atom. The Morgan fingerprint density at radius 2 is 1.66 bits per heavy atom. The summed E-state index contributed by atoms with van der Waals surface area (Å²) >= 11 is 12.6. The molecule has 0 saturated carbocycles. The Morgan fingerprint density at radius 1 is 1.00 bits per heavy atom. The summed E-state index contributed by atoms with van der Waals surface area (Å²) in [5, 5.41) is 8.57. The van der Waals surface area contributed by atoms with Crippen LogP contribution in [0.25, 0.3) is 0 Å². The maximum atomic E-state index is 12.8. The third-order valence-electron chi connectivity index (χ3n) is 5.39. The fourth-order valence-corrected chi connectivity index (χ4v) is 4.09. The molecule has 2 aromatic heterocycles. The zero-order valence-electron chi connectivity index (χ0n) is 19.6. The van der Waals surface area contributed by atoms with Gasteiger partial charge in [0.05, 0.1) is 30.2 Å². The topological polar surface area (TPSA) is 78.5 Å². The number of aromatic nitrogens is 2. The molecule has 0 aliphatic heterocycles. The predicted octanol–water partition coefficient (Wildman–Crippen LogP) is 6.68. The number of hydrogen-bond acceptors (Lipinski definition) is 5. The number of rotatable bonds is 9. The number of anilines is 1. The Labute approximate surface area is 213 Å². The predicted molar refractivity (Wildman–Crippen MR) is 136 cm³/mol. The van der Waals surface area contributed by atoms with E-state index in [1.54, 1.807) is 35.0 Å². The first-order valence-corrected chi connectivity index (χ1v) is 11.8. The Hall–Kier alpha value is -3.42. The molecule has 0 aliphatic carbocycles. The van der Waals surface area contributed by atoms with Crippen LogP contribution in [0.15, 0.2) is 59.0 Å². The van der Waals surface area contributed by atoms with Crippen LogP contribution in [0.3, 0.4) is 0 Å². The van der Waals surface area contributed by atoms with Crippen LogP contribution >= 0.6 is 23.2 Å². The van der Waals surface area contributed by atoms with E-state index in [0.29, 0.717) is 46.1 Å². The monoisotopic (exact) mass is 513 g/mol. The van der Waals surface area contributed by atoms with Crippen molar-refractivity contribution in [3.8, 4) is 11.5 Å². The summed E-state index contributed by atoms with van der Waals surface area (Å²) in [6.45, 7) is 6.81. The molecule has 2 aromatic carbocycles. The van der Waals surface area contributed by atoms with E-state index in [1.165, 1.54) is 0 Å². The van der Waals surface area contributed by atoms with Crippen LogP contribution in [-0.2, 0) is 13.2 Å². The number of amides is 1. The Kier molecular flexibility index (Phi) is 7.68. The largest absolute Gasteiger partial charge is 0.494 e. The van der Waals surface area contributed by atoms with Gasteiger partial charge in [-0.3, -0.25) is 9.48 Å². The van der Waals surface area contributed by atoms with Crippen LogP contribution in [0.5, 0.6) is 11.5 Å². The summed E-state index contributed by atoms with van der Waals surface area (Å²) in [6.07, 6.45) is 0. The molecule has 35 heavy (non-hydrogen) atoms. The first kappa shape index (κ1) is 24.7. The molecule has 182 valence electrons. The van der Waals surface area contributed by atoms with Gasteiger partial charge in [0.2, 0.25) is 0 Å². The molecule has 1 amide bonds. The molecule has 0 saturated heterocycles. The summed E-state index contributed by atoms with van der Waals surface area (Å²) < 4.78 is 18.6. The summed E-state index contributed by atoms with van der Waals surface area (Å²) in [5.41, 5.74) is 2.83. The van der Waals surface area contributed by atoms with Crippen molar-refractivity contribution in [2.24, 2.45) is 0 Å². The summed E-state index contributed by atoms with van der Waals surface area (Å²) in [4.78, 5) is 12.8. The first-order chi connectivity index (χ1) is 16.9. The van der Waals surface area contributed by atoms with Gasteiger partial charge >= 0.3 is 0 Å². The average Bonchev–Trinajstić information content (AvgIpc) is 3.42. The van der Waals surface area contributed by atoms with Gasteiger partial charge in [0.15, 0.2) is 5.76 Å². The molecular weight excluding hydrogens is 489 g/mol. The highest BCUT2D eigenvalue weighted by atomic mass is 35.5. The lowest BCUT2D eigenvalue weighted by atomic mass is 10.2. The smallest absolute Gasteiger partial charge is 0.291 e. The van der Waals surface area contributed by atoms with E-state index >= 15 is 0 Å². The van der Waals surface area contributed by atoms with E-state index in [2.05, 4.69) is 10.4 Å². The molecule has 9 heteroatoms. The minimum atomic E-state index is -0.376. The van der Waals surface area contributed by atoms with E-state index in [-0.39, 0.29) is 18.3 Å². The van der Waals surface area contributed by atoms with Gasteiger partial charge in [0.25, 0.3) is 5.91 Å². The SMILES string of the molecule is CCOc1ccc(OCc2ccc(C(=O)Nc3c(C)nn(Cc4c(Cl)cccc4Cl)c3C)o2)cc1. The van der Waals surface area contributed by atoms with Gasteiger partial charge in [-0.15, -0.1) is 0 Å². The lowest BCUT2D eigenvalue weighted by Crippen LogP contribution is -2.12. The Bertz CT molecular complexity index is 1310. The van der Waals surface area contributed by atoms with Crippen LogP contribution < -0.4 is 14.8 Å². The molecule has 4 rings (SSSR count). The molecule has 0 unspecified atom stereocenters. The normalized spacial score (nSPS) is 10.9. The van der Waals surface area contributed by atoms with Gasteiger partial charge in [-0.2, -0.15) is 5.10 Å². The van der Waals surface area contributed by atoms with Crippen molar-refractivity contribution in [1.29, 1.82) is 0 Å². The van der Waals surface area contributed by atoms with Crippen LogP contribution in [0.1, 0.15) is 40.2 Å². The minimum Gasteiger partial charge on any atom is -0.494 e. The number of carbonyl (C=O) groups is 1. The van der Waals surface area contributed by atoms with Crippen LogP contribution in [-0.4, -0.2) is 22.3 Å². The van der Waals surface area contributed by atoms with Crippen LogP contribution in [0.4, 0.5) is 5.69 Å². The van der Waals surface area contributed by atoms with Gasteiger partial charge in [-0.25, -0.2) is 0 Å². The van der Waals surface area contributed by atoms with Crippen molar-refractivity contribution in [2.45, 2.75) is 33.9 Å². The number of benzene rings is 2. The highest BCUT2D eigenvalue weighted by molar-refractivity contribution is 6.36. The third-order valence-corrected chi connectivity index (χ3v) is 6.10. The Balaban J connectivity index is 1.40. The fourth-order valence-electron chi connectivity index (χ4n) is 3.57. The van der Waals surface area contributed by atoms with Crippen molar-refractivity contribution in [3.63, 3.8) is 0 Å². The zero-order chi connectivity index (χ0) is 24.9. The standard InChI is InChI=1S/C26H25Cl2N3O4/c1-4-33-18-8-10-19(11-9-18)34-15-20-12-13-24(35-20)26(32)29-25-16(2)30-31(17(25)3)14-21-22(27)6-5-7-23(21)28/h5-13H,4,14-15H2,1-3H3,(H,29,32). The second kappa shape index (κ2) is 10.9. The molecular formula is C26H25Cl2N3O4. The first-order valence-electron chi connectivity index (χ1n) is 11.1. The molecule has 0 bridgehead atoms. The minimum absolute atomic E-state index is 0.177. The van der Waals surface area contributed by atoms with Crippen molar-refractivity contribution >= 4 is 34.8 Å². The molecule has 0 radical (unpaired) electrons. The van der Waals surface area contributed by atoms with Crippen molar-refractivity contribution in [2.75, 3.05) is 11.9 Å². The highest BCUT2D eigenvalue weighted by Gasteiger charge is 2.19. The fraction of sp³-hybridized carbons (Fsp3) is 0.231. The van der Waals surface area contributed by atoms with E-state index < -0.39 is 0 Å². The molecule has 4 aromatic rings. The lowest BCUT2D eigenvalue weighted by molar-refractivity contribution is 0.0992. The van der Waals surface area contributed by atoms with E-state index in [1.807, 2.05) is 45.0 Å². The van der Waals surface area contributed by atoms with E-state index in [0.717, 1.165) is 17.0 Å². The van der Waals surface area contributed by atoms with Gasteiger partial charge in [-0.05, 0) is 69.3 Å². The number of carbonyl (C=O) groups excluding carboxylic acids is 1. The molecule has 0 spiro atoms. The number of ether oxygens (including phenoxy) is 2. The molecule has 1 N–H and O–H groups in total. The van der Waals surface area contributed by atoms with E-state index in [4.69, 9.17) is 37.1 Å². The quantitative estimate of drug-likeness (QED) is 0.270.